The van der Waals surface area contributed by atoms with Gasteiger partial charge in [0, 0.05) is 17.1 Å². The van der Waals surface area contributed by atoms with Crippen molar-refractivity contribution in [2.24, 2.45) is 0 Å². The Morgan fingerprint density at radius 3 is 1.08 bits per heavy atom. The van der Waals surface area contributed by atoms with E-state index in [4.69, 9.17) is 0 Å². The quantitative estimate of drug-likeness (QED) is 0.178. The maximum Gasteiger partial charge on any atom is 0.0991 e. The van der Waals surface area contributed by atoms with Crippen LogP contribution in [-0.2, 0) is 0 Å². The zero-order valence-electron chi connectivity index (χ0n) is 27.7. The lowest BCUT2D eigenvalue weighted by atomic mass is 9.93. The first kappa shape index (κ1) is 29.0. The Kier molecular flexibility index (Phi) is 6.59. The predicted octanol–water partition coefficient (Wildman–Crippen LogP) is 13.6. The van der Waals surface area contributed by atoms with Crippen LogP contribution in [0, 0.1) is 11.3 Å². The highest BCUT2D eigenvalue weighted by Crippen LogP contribution is 2.44. The van der Waals surface area contributed by atoms with Crippen LogP contribution in [0.5, 0.6) is 0 Å². The van der Waals surface area contributed by atoms with Gasteiger partial charge in [-0.1, -0.05) is 133 Å². The molecule has 0 bridgehead atoms. The first-order valence-electron chi connectivity index (χ1n) is 17.3. The second-order valence-electron chi connectivity index (χ2n) is 13.2. The fourth-order valence-corrected chi connectivity index (χ4v) is 8.08. The molecule has 0 saturated carbocycles. The molecular weight excluding hydrogens is 617 g/mol. The summed E-state index contributed by atoms with van der Waals surface area (Å²) in [5.41, 5.74) is 6.06. The summed E-state index contributed by atoms with van der Waals surface area (Å²) in [5.74, 6) is 0. The lowest BCUT2D eigenvalue weighted by molar-refractivity contribution is 1.30. The molecule has 2 nitrogen and oxygen atoms in total. The van der Waals surface area contributed by atoms with E-state index < -0.39 is 0 Å². The van der Waals surface area contributed by atoms with Crippen LogP contribution < -0.4 is 4.90 Å². The maximum absolute atomic E-state index is 9.41. The van der Waals surface area contributed by atoms with E-state index in [1.54, 1.807) is 0 Å². The molecule has 0 radical (unpaired) electrons. The van der Waals surface area contributed by atoms with E-state index in [1.807, 2.05) is 24.3 Å². The van der Waals surface area contributed by atoms with Crippen LogP contribution in [0.4, 0.5) is 17.1 Å². The van der Waals surface area contributed by atoms with Gasteiger partial charge < -0.3 is 4.90 Å². The van der Waals surface area contributed by atoms with Crippen LogP contribution in [0.1, 0.15) is 5.56 Å². The molecule has 2 heteroatoms. The van der Waals surface area contributed by atoms with E-state index in [0.29, 0.717) is 5.56 Å². The van der Waals surface area contributed by atoms with Gasteiger partial charge in [0.2, 0.25) is 0 Å². The first-order valence-corrected chi connectivity index (χ1v) is 17.3. The minimum absolute atomic E-state index is 0.656. The van der Waals surface area contributed by atoms with Gasteiger partial charge in [-0.3, -0.25) is 0 Å². The van der Waals surface area contributed by atoms with E-state index in [-0.39, 0.29) is 0 Å². The minimum atomic E-state index is 0.656. The molecule has 236 valence electrons. The molecule has 10 rings (SSSR count). The van der Waals surface area contributed by atoms with E-state index in [0.717, 1.165) is 28.2 Å². The Hall–Kier alpha value is -6.95. The summed E-state index contributed by atoms with van der Waals surface area (Å²) in [4.78, 5) is 2.39. The van der Waals surface area contributed by atoms with Crippen molar-refractivity contribution < 1.29 is 0 Å². The van der Waals surface area contributed by atoms with Crippen molar-refractivity contribution in [2.75, 3.05) is 4.90 Å². The van der Waals surface area contributed by atoms with Gasteiger partial charge in [0.25, 0.3) is 0 Å². The molecule has 0 spiro atoms. The molecule has 0 aliphatic carbocycles. The average Bonchev–Trinajstić information content (AvgIpc) is 3.21. The van der Waals surface area contributed by atoms with E-state index in [2.05, 4.69) is 169 Å². The molecule has 0 heterocycles. The summed E-state index contributed by atoms with van der Waals surface area (Å²) in [7, 11) is 0. The van der Waals surface area contributed by atoms with Crippen molar-refractivity contribution in [1.82, 2.24) is 0 Å². The fraction of sp³-hybridized carbons (Fsp3) is 0. The van der Waals surface area contributed by atoms with Gasteiger partial charge in [-0.15, -0.1) is 0 Å². The Morgan fingerprint density at radius 2 is 0.667 bits per heavy atom. The van der Waals surface area contributed by atoms with Crippen LogP contribution >= 0.6 is 0 Å². The Bertz CT molecular complexity index is 2810. The monoisotopic (exact) mass is 646 g/mol. The largest absolute Gasteiger partial charge is 0.310 e. The van der Waals surface area contributed by atoms with Crippen molar-refractivity contribution in [2.45, 2.75) is 0 Å². The molecule has 51 heavy (non-hydrogen) atoms. The number of hydrogen-bond acceptors (Lipinski definition) is 2. The molecule has 0 fully saturated rings. The van der Waals surface area contributed by atoms with Crippen molar-refractivity contribution in [3.8, 4) is 17.2 Å². The number of benzene rings is 10. The standard InChI is InChI=1S/C49H30N2/c50-31-32-20-22-33(23-21-32)34-10-9-11-35(28-34)51(36-24-26-46-42-16-3-1-12-38(42)40-14-5-7-18-44(40)48(46)29-36)37-25-27-47-43-17-4-2-13-39(43)41-15-6-8-19-45(41)49(47)30-37/h1-30H. The lowest BCUT2D eigenvalue weighted by Crippen LogP contribution is -2.10. The van der Waals surface area contributed by atoms with Gasteiger partial charge in [-0.2, -0.15) is 5.26 Å². The first-order chi connectivity index (χ1) is 25.2. The van der Waals surface area contributed by atoms with Crippen LogP contribution in [-0.4, -0.2) is 0 Å². The second kappa shape index (κ2) is 11.6. The Balaban J connectivity index is 1.25. The third kappa shape index (κ3) is 4.64. The van der Waals surface area contributed by atoms with Gasteiger partial charge in [-0.05, 0) is 124 Å². The number of fused-ring (bicyclic) bond motifs is 12. The van der Waals surface area contributed by atoms with Crippen molar-refractivity contribution in [1.29, 1.82) is 5.26 Å². The van der Waals surface area contributed by atoms with Crippen molar-refractivity contribution in [3.63, 3.8) is 0 Å². The molecular formula is C49H30N2. The highest BCUT2D eigenvalue weighted by molar-refractivity contribution is 6.27. The zero-order chi connectivity index (χ0) is 33.9. The molecule has 10 aromatic rings. The predicted molar refractivity (Wildman–Crippen MR) is 216 cm³/mol. The highest BCUT2D eigenvalue weighted by Gasteiger charge is 2.18. The summed E-state index contributed by atoms with van der Waals surface area (Å²) in [6, 6.07) is 67.6. The van der Waals surface area contributed by atoms with Gasteiger partial charge >= 0.3 is 0 Å². The van der Waals surface area contributed by atoms with Crippen LogP contribution in [0.2, 0.25) is 0 Å². The highest BCUT2D eigenvalue weighted by atomic mass is 15.1. The Morgan fingerprint density at radius 1 is 0.294 bits per heavy atom. The SMILES string of the molecule is N#Cc1ccc(-c2cccc(N(c3ccc4c5ccccc5c5ccccc5c4c3)c3ccc4c5ccccc5c5ccccc5c4c3)c2)cc1. The average molecular weight is 647 g/mol. The molecule has 0 amide bonds. The molecule has 10 aromatic carbocycles. The summed E-state index contributed by atoms with van der Waals surface area (Å²) in [6.45, 7) is 0. The van der Waals surface area contributed by atoms with E-state index in [9.17, 15) is 5.26 Å². The summed E-state index contributed by atoms with van der Waals surface area (Å²) < 4.78 is 0. The van der Waals surface area contributed by atoms with Crippen molar-refractivity contribution in [3.05, 3.63) is 188 Å². The number of rotatable bonds is 4. The molecule has 0 aromatic heterocycles. The number of anilines is 3. The zero-order valence-corrected chi connectivity index (χ0v) is 27.7. The summed E-state index contributed by atoms with van der Waals surface area (Å²) in [6.07, 6.45) is 0. The van der Waals surface area contributed by atoms with Gasteiger partial charge in [0.05, 0.1) is 11.6 Å². The third-order valence-corrected chi connectivity index (χ3v) is 10.4. The number of hydrogen-bond donors (Lipinski definition) is 0. The normalized spacial score (nSPS) is 11.5. The lowest BCUT2D eigenvalue weighted by Gasteiger charge is -2.27. The number of nitriles is 1. The summed E-state index contributed by atoms with van der Waals surface area (Å²) >= 11 is 0. The Labute approximate surface area is 295 Å². The van der Waals surface area contributed by atoms with E-state index in [1.165, 1.54) is 64.6 Å². The third-order valence-electron chi connectivity index (χ3n) is 10.4. The second-order valence-corrected chi connectivity index (χ2v) is 13.2. The molecule has 0 atom stereocenters. The van der Waals surface area contributed by atoms with Gasteiger partial charge in [0.1, 0.15) is 0 Å². The smallest absolute Gasteiger partial charge is 0.0991 e. The fourth-order valence-electron chi connectivity index (χ4n) is 8.08. The van der Waals surface area contributed by atoms with Crippen LogP contribution in [0.15, 0.2) is 182 Å². The molecule has 0 saturated heterocycles. The van der Waals surface area contributed by atoms with Gasteiger partial charge in [-0.25, -0.2) is 0 Å². The molecule has 0 aliphatic heterocycles. The number of nitrogens with zero attached hydrogens (tertiary/aromatic N) is 2. The van der Waals surface area contributed by atoms with Crippen LogP contribution in [0.3, 0.4) is 0 Å². The maximum atomic E-state index is 9.41. The molecule has 0 aliphatic rings. The van der Waals surface area contributed by atoms with Crippen LogP contribution in [0.25, 0.3) is 75.8 Å². The molecule has 0 unspecified atom stereocenters. The summed E-state index contributed by atoms with van der Waals surface area (Å²) in [5, 5.41) is 24.4. The van der Waals surface area contributed by atoms with Gasteiger partial charge in [0.15, 0.2) is 0 Å². The topological polar surface area (TPSA) is 27.0 Å². The van der Waals surface area contributed by atoms with Crippen molar-refractivity contribution >= 4 is 81.7 Å². The minimum Gasteiger partial charge on any atom is -0.310 e. The molecule has 0 N–H and O–H groups in total. The van der Waals surface area contributed by atoms with E-state index >= 15 is 0 Å².